The van der Waals surface area contributed by atoms with E-state index in [1.54, 1.807) is 19.1 Å². The van der Waals surface area contributed by atoms with Crippen molar-refractivity contribution < 1.29 is 28.7 Å². The molecule has 9 heteroatoms. The van der Waals surface area contributed by atoms with Crippen LogP contribution in [0.25, 0.3) is 0 Å². The maximum Gasteiger partial charge on any atom is 0.339 e. The van der Waals surface area contributed by atoms with E-state index >= 15 is 0 Å². The van der Waals surface area contributed by atoms with Gasteiger partial charge in [-0.1, -0.05) is 6.07 Å². The van der Waals surface area contributed by atoms with E-state index in [1.807, 2.05) is 0 Å². The zero-order valence-corrected chi connectivity index (χ0v) is 14.9. The van der Waals surface area contributed by atoms with Crippen LogP contribution in [0, 0.1) is 6.92 Å². The van der Waals surface area contributed by atoms with Crippen LogP contribution < -0.4 is 10.6 Å². The van der Waals surface area contributed by atoms with E-state index < -0.39 is 23.8 Å². The van der Waals surface area contributed by atoms with Crippen LogP contribution in [0.5, 0.6) is 0 Å². The minimum absolute atomic E-state index is 0.0275. The van der Waals surface area contributed by atoms with Crippen LogP contribution in [0.15, 0.2) is 36.5 Å². The van der Waals surface area contributed by atoms with Gasteiger partial charge in [-0.3, -0.25) is 9.59 Å². The number of aromatic nitrogens is 1. The summed E-state index contributed by atoms with van der Waals surface area (Å²) in [5, 5.41) is 4.67. The molecule has 2 N–H and O–H groups in total. The molecule has 0 aliphatic heterocycles. The highest BCUT2D eigenvalue weighted by Crippen LogP contribution is 2.20. The number of esters is 2. The van der Waals surface area contributed by atoms with Gasteiger partial charge in [0.15, 0.2) is 0 Å². The molecule has 9 nitrogen and oxygen atoms in total. The summed E-state index contributed by atoms with van der Waals surface area (Å²) in [6, 6.07) is 7.25. The summed E-state index contributed by atoms with van der Waals surface area (Å²) in [7, 11) is 2.36. The number of carbonyl (C=O) groups excluding carboxylic acids is 4. The predicted molar refractivity (Wildman–Crippen MR) is 95.4 cm³/mol. The number of nitrogens with one attached hydrogen (secondary N) is 2. The van der Waals surface area contributed by atoms with E-state index in [-0.39, 0.29) is 22.6 Å². The van der Waals surface area contributed by atoms with Crippen molar-refractivity contribution in [3.8, 4) is 0 Å². The number of nitrogens with zero attached hydrogens (tertiary/aromatic N) is 1. The number of hydrogen-bond donors (Lipinski definition) is 2. The molecule has 0 fully saturated rings. The van der Waals surface area contributed by atoms with Crippen molar-refractivity contribution >= 4 is 35.3 Å². The highest BCUT2D eigenvalue weighted by molar-refractivity contribution is 6.43. The SMILES string of the molecule is COC(=O)c1ccc(C(=O)OC)c(NC(=O)C(=O)Nc2ncccc2C)c1. The first-order valence-electron chi connectivity index (χ1n) is 7.72. The van der Waals surface area contributed by atoms with Crippen LogP contribution in [-0.4, -0.2) is 43.0 Å². The summed E-state index contributed by atoms with van der Waals surface area (Å²) in [6.45, 7) is 1.72. The topological polar surface area (TPSA) is 124 Å². The molecule has 0 spiro atoms. The number of ether oxygens (including phenoxy) is 2. The monoisotopic (exact) mass is 371 g/mol. The van der Waals surface area contributed by atoms with Crippen LogP contribution in [0.1, 0.15) is 26.3 Å². The number of methoxy groups -OCH3 is 2. The third-order valence-electron chi connectivity index (χ3n) is 3.54. The molecule has 140 valence electrons. The first-order valence-corrected chi connectivity index (χ1v) is 7.72. The van der Waals surface area contributed by atoms with Crippen LogP contribution in [0.4, 0.5) is 11.5 Å². The minimum Gasteiger partial charge on any atom is -0.465 e. The van der Waals surface area contributed by atoms with Crippen LogP contribution in [0.3, 0.4) is 0 Å². The molecule has 1 heterocycles. The van der Waals surface area contributed by atoms with Crippen molar-refractivity contribution in [2.24, 2.45) is 0 Å². The van der Waals surface area contributed by atoms with Crippen molar-refractivity contribution in [3.63, 3.8) is 0 Å². The molecule has 1 aromatic carbocycles. The van der Waals surface area contributed by atoms with Crippen molar-refractivity contribution in [3.05, 3.63) is 53.2 Å². The molecule has 2 amide bonds. The average molecular weight is 371 g/mol. The molecule has 0 aliphatic carbocycles. The second-order valence-electron chi connectivity index (χ2n) is 5.32. The van der Waals surface area contributed by atoms with Gasteiger partial charge in [0.1, 0.15) is 5.82 Å². The number of rotatable bonds is 4. The quantitative estimate of drug-likeness (QED) is 0.617. The Morgan fingerprint density at radius 3 is 2.22 bits per heavy atom. The fourth-order valence-corrected chi connectivity index (χ4v) is 2.14. The normalized spacial score (nSPS) is 9.89. The third kappa shape index (κ3) is 4.66. The lowest BCUT2D eigenvalue weighted by Gasteiger charge is -2.11. The van der Waals surface area contributed by atoms with Gasteiger partial charge in [0, 0.05) is 6.20 Å². The minimum atomic E-state index is -1.05. The van der Waals surface area contributed by atoms with E-state index in [2.05, 4.69) is 25.1 Å². The van der Waals surface area contributed by atoms with E-state index in [9.17, 15) is 19.2 Å². The molecule has 2 aromatic rings. The number of aryl methyl sites for hydroxylation is 1. The third-order valence-corrected chi connectivity index (χ3v) is 3.54. The van der Waals surface area contributed by atoms with Gasteiger partial charge in [0.2, 0.25) is 0 Å². The molecule has 0 atom stereocenters. The van der Waals surface area contributed by atoms with Crippen molar-refractivity contribution in [2.45, 2.75) is 6.92 Å². The second-order valence-corrected chi connectivity index (χ2v) is 5.32. The zero-order valence-electron chi connectivity index (χ0n) is 14.9. The Hall–Kier alpha value is -3.75. The van der Waals surface area contributed by atoms with Crippen molar-refractivity contribution in [1.82, 2.24) is 4.98 Å². The Balaban J connectivity index is 2.26. The summed E-state index contributed by atoms with van der Waals surface area (Å²) in [5.74, 6) is -3.23. The molecule has 0 saturated carbocycles. The van der Waals surface area contributed by atoms with Gasteiger partial charge in [-0.05, 0) is 36.8 Å². The number of carbonyl (C=O) groups is 4. The Morgan fingerprint density at radius 1 is 0.926 bits per heavy atom. The van der Waals surface area contributed by atoms with E-state index in [0.717, 1.165) is 0 Å². The standard InChI is InChI=1S/C18H17N3O6/c1-10-5-4-8-19-14(10)21-16(23)15(22)20-13-9-11(17(24)26-2)6-7-12(13)18(25)27-3/h4-9H,1-3H3,(H,20,22)(H,19,21,23). The van der Waals surface area contributed by atoms with E-state index in [4.69, 9.17) is 0 Å². The summed E-state index contributed by atoms with van der Waals surface area (Å²) in [6.07, 6.45) is 1.47. The molecular formula is C18H17N3O6. The van der Waals surface area contributed by atoms with Crippen molar-refractivity contribution in [2.75, 3.05) is 24.9 Å². The van der Waals surface area contributed by atoms with Crippen LogP contribution in [0.2, 0.25) is 0 Å². The van der Waals surface area contributed by atoms with Gasteiger partial charge < -0.3 is 20.1 Å². The second kappa shape index (κ2) is 8.56. The molecule has 2 rings (SSSR count). The molecule has 0 unspecified atom stereocenters. The maximum atomic E-state index is 12.2. The lowest BCUT2D eigenvalue weighted by atomic mass is 10.1. The predicted octanol–water partition coefficient (Wildman–Crippen LogP) is 1.54. The number of amides is 2. The molecular weight excluding hydrogens is 354 g/mol. The Kier molecular flexibility index (Phi) is 6.21. The molecule has 0 radical (unpaired) electrons. The fourth-order valence-electron chi connectivity index (χ4n) is 2.14. The van der Waals surface area contributed by atoms with Crippen LogP contribution >= 0.6 is 0 Å². The summed E-state index contributed by atoms with van der Waals surface area (Å²) in [4.78, 5) is 51.9. The van der Waals surface area contributed by atoms with E-state index in [0.29, 0.717) is 5.56 Å². The zero-order chi connectivity index (χ0) is 20.0. The lowest BCUT2D eigenvalue weighted by molar-refractivity contribution is -0.133. The lowest BCUT2D eigenvalue weighted by Crippen LogP contribution is -2.30. The largest absolute Gasteiger partial charge is 0.465 e. The average Bonchev–Trinajstić information content (AvgIpc) is 2.68. The van der Waals surface area contributed by atoms with E-state index in [1.165, 1.54) is 38.6 Å². The van der Waals surface area contributed by atoms with Gasteiger partial charge >= 0.3 is 23.8 Å². The number of hydrogen-bond acceptors (Lipinski definition) is 7. The smallest absolute Gasteiger partial charge is 0.339 e. The van der Waals surface area contributed by atoms with Gasteiger partial charge in [-0.2, -0.15) is 0 Å². The van der Waals surface area contributed by atoms with Gasteiger partial charge in [-0.25, -0.2) is 14.6 Å². The Morgan fingerprint density at radius 2 is 1.59 bits per heavy atom. The molecule has 1 aromatic heterocycles. The molecule has 27 heavy (non-hydrogen) atoms. The highest BCUT2D eigenvalue weighted by Gasteiger charge is 2.21. The molecule has 0 aliphatic rings. The van der Waals surface area contributed by atoms with Crippen LogP contribution in [-0.2, 0) is 19.1 Å². The Bertz CT molecular complexity index is 910. The summed E-state index contributed by atoms with van der Waals surface area (Å²) < 4.78 is 9.25. The van der Waals surface area contributed by atoms with Crippen molar-refractivity contribution in [1.29, 1.82) is 0 Å². The number of benzene rings is 1. The summed E-state index contributed by atoms with van der Waals surface area (Å²) in [5.41, 5.74) is 0.658. The molecule has 0 saturated heterocycles. The fraction of sp³-hybridized carbons (Fsp3) is 0.167. The first kappa shape index (κ1) is 19.6. The van der Waals surface area contributed by atoms with Gasteiger partial charge in [0.05, 0.1) is 31.0 Å². The van der Waals surface area contributed by atoms with Gasteiger partial charge in [0.25, 0.3) is 0 Å². The first-order chi connectivity index (χ1) is 12.9. The Labute approximate surface area is 154 Å². The number of pyridine rings is 1. The maximum absolute atomic E-state index is 12.2. The summed E-state index contributed by atoms with van der Waals surface area (Å²) >= 11 is 0. The van der Waals surface area contributed by atoms with Gasteiger partial charge in [-0.15, -0.1) is 0 Å². The molecule has 0 bridgehead atoms. The number of anilines is 2. The highest BCUT2D eigenvalue weighted by atomic mass is 16.5.